The summed E-state index contributed by atoms with van der Waals surface area (Å²) < 4.78 is 10.3. The number of carbonyl (C=O) groups excluding carboxylic acids is 2. The van der Waals surface area contributed by atoms with Crippen LogP contribution in [-0.4, -0.2) is 57.2 Å². The van der Waals surface area contributed by atoms with Gasteiger partial charge in [-0.05, 0) is 29.5 Å². The molecule has 1 fully saturated rings. The number of nitrogens with one attached hydrogen (secondary N) is 1. The zero-order valence-electron chi connectivity index (χ0n) is 17.8. The molecule has 0 bridgehead atoms. The number of carbonyl (C=O) groups is 2. The molecule has 6 nitrogen and oxygen atoms in total. The highest BCUT2D eigenvalue weighted by atomic mass is 16.5. The van der Waals surface area contributed by atoms with Crippen molar-refractivity contribution in [1.82, 2.24) is 10.2 Å². The van der Waals surface area contributed by atoms with Gasteiger partial charge < -0.3 is 19.7 Å². The molecule has 2 unspecified atom stereocenters. The Morgan fingerprint density at radius 3 is 2.39 bits per heavy atom. The zero-order valence-corrected chi connectivity index (χ0v) is 17.8. The van der Waals surface area contributed by atoms with Crippen molar-refractivity contribution in [2.24, 2.45) is 11.3 Å². The van der Waals surface area contributed by atoms with Gasteiger partial charge >= 0.3 is 0 Å². The van der Waals surface area contributed by atoms with Crippen molar-refractivity contribution >= 4 is 11.8 Å². The number of rotatable bonds is 8. The van der Waals surface area contributed by atoms with Gasteiger partial charge in [-0.15, -0.1) is 0 Å². The Bertz CT molecular complexity index is 651. The number of hydrogen-bond acceptors (Lipinski definition) is 4. The fraction of sp³-hybridized carbons (Fsp3) is 0.636. The number of benzene rings is 1. The molecule has 1 aliphatic rings. The van der Waals surface area contributed by atoms with Gasteiger partial charge in [-0.25, -0.2) is 0 Å². The van der Waals surface area contributed by atoms with E-state index in [2.05, 4.69) is 26.1 Å². The molecule has 0 saturated carbocycles. The molecule has 1 aromatic rings. The van der Waals surface area contributed by atoms with E-state index >= 15 is 0 Å². The molecule has 2 atom stereocenters. The first-order valence-corrected chi connectivity index (χ1v) is 9.93. The van der Waals surface area contributed by atoms with E-state index in [0.29, 0.717) is 32.7 Å². The Morgan fingerprint density at radius 1 is 1.14 bits per heavy atom. The van der Waals surface area contributed by atoms with Crippen LogP contribution in [0.2, 0.25) is 0 Å². The van der Waals surface area contributed by atoms with E-state index in [1.165, 1.54) is 0 Å². The summed E-state index contributed by atoms with van der Waals surface area (Å²) in [7, 11) is 3.28. The maximum atomic E-state index is 12.9. The first-order valence-electron chi connectivity index (χ1n) is 9.93. The minimum absolute atomic E-state index is 0.00276. The van der Waals surface area contributed by atoms with Crippen molar-refractivity contribution in [3.05, 3.63) is 29.8 Å². The van der Waals surface area contributed by atoms with Crippen LogP contribution in [0.4, 0.5) is 0 Å². The quantitative estimate of drug-likeness (QED) is 0.693. The Labute approximate surface area is 168 Å². The molecule has 6 heteroatoms. The number of amides is 2. The number of likely N-dealkylation sites (tertiary alicyclic amines) is 1. The molecule has 2 amide bonds. The number of methoxy groups -OCH3 is 2. The van der Waals surface area contributed by atoms with E-state index in [4.69, 9.17) is 9.47 Å². The van der Waals surface area contributed by atoms with Gasteiger partial charge in [0.1, 0.15) is 5.75 Å². The van der Waals surface area contributed by atoms with Gasteiger partial charge in [0.25, 0.3) is 0 Å². The Morgan fingerprint density at radius 2 is 1.82 bits per heavy atom. The summed E-state index contributed by atoms with van der Waals surface area (Å²) in [6, 6.07) is 7.80. The summed E-state index contributed by atoms with van der Waals surface area (Å²) in [4.78, 5) is 27.5. The molecular formula is C22H34N2O4. The minimum Gasteiger partial charge on any atom is -0.497 e. The first kappa shape index (κ1) is 22.2. The summed E-state index contributed by atoms with van der Waals surface area (Å²) in [5, 5.41) is 3.01. The molecule has 0 radical (unpaired) electrons. The zero-order chi connectivity index (χ0) is 20.7. The van der Waals surface area contributed by atoms with Gasteiger partial charge in [-0.1, -0.05) is 32.9 Å². The summed E-state index contributed by atoms with van der Waals surface area (Å²) in [6.45, 7) is 8.39. The van der Waals surface area contributed by atoms with Crippen molar-refractivity contribution < 1.29 is 19.1 Å². The van der Waals surface area contributed by atoms with E-state index in [1.807, 2.05) is 29.2 Å². The standard InChI is InChI=1S/C22H34N2O4/c1-22(2,3)13-20(25)24-14-18(16-7-9-17(28-5)10-8-16)19(15-24)21(26)23-11-6-12-27-4/h7-10,18-19H,6,11-15H2,1-5H3,(H,23,26). The lowest BCUT2D eigenvalue weighted by Gasteiger charge is -2.23. The van der Waals surface area contributed by atoms with Gasteiger partial charge in [-0.2, -0.15) is 0 Å². The Kier molecular flexibility index (Phi) is 7.87. The van der Waals surface area contributed by atoms with Gasteiger partial charge in [0, 0.05) is 45.7 Å². The van der Waals surface area contributed by atoms with Gasteiger partial charge in [0.05, 0.1) is 13.0 Å². The largest absolute Gasteiger partial charge is 0.497 e. The number of nitrogens with zero attached hydrogens (tertiary/aromatic N) is 1. The van der Waals surface area contributed by atoms with Crippen molar-refractivity contribution in [3.8, 4) is 5.75 Å². The molecule has 1 N–H and O–H groups in total. The average Bonchev–Trinajstić information content (AvgIpc) is 3.09. The van der Waals surface area contributed by atoms with Crippen LogP contribution in [0.1, 0.15) is 45.1 Å². The highest BCUT2D eigenvalue weighted by molar-refractivity contribution is 5.83. The van der Waals surface area contributed by atoms with Gasteiger partial charge in [0.2, 0.25) is 11.8 Å². The third-order valence-electron chi connectivity index (χ3n) is 5.06. The van der Waals surface area contributed by atoms with E-state index in [-0.39, 0.29) is 29.1 Å². The summed E-state index contributed by atoms with van der Waals surface area (Å²) in [6.07, 6.45) is 1.25. The number of ether oxygens (including phenoxy) is 2. The lowest BCUT2D eigenvalue weighted by molar-refractivity contribution is -0.132. The molecule has 1 saturated heterocycles. The van der Waals surface area contributed by atoms with Crippen LogP contribution >= 0.6 is 0 Å². The molecule has 1 aromatic carbocycles. The molecule has 0 aliphatic carbocycles. The molecule has 156 valence electrons. The summed E-state index contributed by atoms with van der Waals surface area (Å²) in [5.41, 5.74) is 0.983. The number of hydrogen-bond donors (Lipinski definition) is 1. The molecule has 0 aromatic heterocycles. The van der Waals surface area contributed by atoms with Crippen molar-refractivity contribution in [3.63, 3.8) is 0 Å². The monoisotopic (exact) mass is 390 g/mol. The topological polar surface area (TPSA) is 67.9 Å². The normalized spacial score (nSPS) is 19.5. The van der Waals surface area contributed by atoms with Gasteiger partial charge in [0.15, 0.2) is 0 Å². The predicted molar refractivity (Wildman–Crippen MR) is 109 cm³/mol. The molecule has 1 aliphatic heterocycles. The van der Waals surface area contributed by atoms with Crippen LogP contribution in [0.5, 0.6) is 5.75 Å². The van der Waals surface area contributed by atoms with Crippen molar-refractivity contribution in [2.45, 2.75) is 39.5 Å². The van der Waals surface area contributed by atoms with Gasteiger partial charge in [-0.3, -0.25) is 9.59 Å². The average molecular weight is 391 g/mol. The highest BCUT2D eigenvalue weighted by Crippen LogP contribution is 2.35. The molecular weight excluding hydrogens is 356 g/mol. The van der Waals surface area contributed by atoms with Crippen LogP contribution in [0.15, 0.2) is 24.3 Å². The fourth-order valence-corrected chi connectivity index (χ4v) is 3.59. The maximum Gasteiger partial charge on any atom is 0.225 e. The first-order chi connectivity index (χ1) is 13.2. The van der Waals surface area contributed by atoms with Crippen LogP contribution in [0.3, 0.4) is 0 Å². The lowest BCUT2D eigenvalue weighted by atomic mass is 9.88. The van der Waals surface area contributed by atoms with Crippen molar-refractivity contribution in [1.29, 1.82) is 0 Å². The minimum atomic E-state index is -0.250. The third-order valence-corrected chi connectivity index (χ3v) is 5.06. The van der Waals surface area contributed by atoms with E-state index < -0.39 is 0 Å². The van der Waals surface area contributed by atoms with Crippen LogP contribution in [0.25, 0.3) is 0 Å². The SMILES string of the molecule is COCCCNC(=O)C1CN(C(=O)CC(C)(C)C)CC1c1ccc(OC)cc1. The molecule has 28 heavy (non-hydrogen) atoms. The van der Waals surface area contributed by atoms with Crippen molar-refractivity contribution in [2.75, 3.05) is 40.5 Å². The Hall–Kier alpha value is -2.08. The van der Waals surface area contributed by atoms with Crippen LogP contribution < -0.4 is 10.1 Å². The smallest absolute Gasteiger partial charge is 0.225 e. The van der Waals surface area contributed by atoms with E-state index in [1.54, 1.807) is 14.2 Å². The lowest BCUT2D eigenvalue weighted by Crippen LogP contribution is -2.36. The second-order valence-corrected chi connectivity index (χ2v) is 8.66. The summed E-state index contributed by atoms with van der Waals surface area (Å²) in [5.74, 6) is 0.628. The molecule has 2 rings (SSSR count). The van der Waals surface area contributed by atoms with E-state index in [0.717, 1.165) is 17.7 Å². The second kappa shape index (κ2) is 9.92. The predicted octanol–water partition coefficient (Wildman–Crippen LogP) is 2.83. The molecule has 0 spiro atoms. The van der Waals surface area contributed by atoms with Crippen LogP contribution in [-0.2, 0) is 14.3 Å². The Balaban J connectivity index is 2.14. The summed E-state index contributed by atoms with van der Waals surface area (Å²) >= 11 is 0. The second-order valence-electron chi connectivity index (χ2n) is 8.66. The van der Waals surface area contributed by atoms with Crippen LogP contribution in [0, 0.1) is 11.3 Å². The van der Waals surface area contributed by atoms with E-state index in [9.17, 15) is 9.59 Å². The third kappa shape index (κ3) is 6.23. The molecule has 1 heterocycles. The fourth-order valence-electron chi connectivity index (χ4n) is 3.59. The maximum absolute atomic E-state index is 12.9. The highest BCUT2D eigenvalue weighted by Gasteiger charge is 2.40.